The Hall–Kier alpha value is -1.89. The average Bonchev–Trinajstić information content (AvgIpc) is 2.94. The first kappa shape index (κ1) is 13.5. The van der Waals surface area contributed by atoms with Gasteiger partial charge in [0, 0.05) is 12.4 Å². The van der Waals surface area contributed by atoms with E-state index in [0.717, 1.165) is 4.57 Å². The molecular weight excluding hydrogens is 277 g/mol. The summed E-state index contributed by atoms with van der Waals surface area (Å²) < 4.78 is 37.8. The van der Waals surface area contributed by atoms with E-state index in [4.69, 9.17) is 0 Å². The first-order valence-electron chi connectivity index (χ1n) is 5.29. The lowest BCUT2D eigenvalue weighted by molar-refractivity contribution is -0.140. The summed E-state index contributed by atoms with van der Waals surface area (Å²) in [7, 11) is 0. The van der Waals surface area contributed by atoms with E-state index in [0.29, 0.717) is 4.88 Å². The van der Waals surface area contributed by atoms with Gasteiger partial charge in [-0.25, -0.2) is 4.98 Å². The number of alkyl halides is 3. The number of allylic oxidation sites excluding steroid dienone is 1. The van der Waals surface area contributed by atoms with E-state index in [1.165, 1.54) is 35.9 Å². The second kappa shape index (κ2) is 5.40. The van der Waals surface area contributed by atoms with Crippen LogP contribution in [0, 0.1) is 0 Å². The third-order valence-corrected chi connectivity index (χ3v) is 3.13. The monoisotopic (exact) mass is 286 g/mol. The largest absolute Gasteiger partial charge is 0.406 e. The van der Waals surface area contributed by atoms with Gasteiger partial charge in [-0.1, -0.05) is 6.07 Å². The molecule has 0 spiro atoms. The molecule has 19 heavy (non-hydrogen) atoms. The van der Waals surface area contributed by atoms with Crippen LogP contribution in [-0.2, 0) is 6.54 Å². The maximum Gasteiger partial charge on any atom is 0.406 e. The summed E-state index contributed by atoms with van der Waals surface area (Å²) in [5.74, 6) is -0.154. The lowest BCUT2D eigenvalue weighted by atomic mass is 10.3. The maximum absolute atomic E-state index is 12.3. The lowest BCUT2D eigenvalue weighted by Gasteiger charge is -2.08. The molecule has 3 nitrogen and oxygen atoms in total. The molecule has 0 aliphatic rings. The highest BCUT2D eigenvalue weighted by atomic mass is 32.1. The van der Waals surface area contributed by atoms with Gasteiger partial charge in [0.2, 0.25) is 0 Å². The third-order valence-electron chi connectivity index (χ3n) is 2.25. The van der Waals surface area contributed by atoms with Crippen LogP contribution in [0.15, 0.2) is 36.0 Å². The Kier molecular flexibility index (Phi) is 3.84. The van der Waals surface area contributed by atoms with Crippen molar-refractivity contribution < 1.29 is 18.0 Å². The van der Waals surface area contributed by atoms with Crippen molar-refractivity contribution in [2.75, 3.05) is 0 Å². The number of ketones is 1. The molecule has 0 atom stereocenters. The highest BCUT2D eigenvalue weighted by Crippen LogP contribution is 2.19. The molecule has 100 valence electrons. The molecule has 2 heterocycles. The molecule has 0 bridgehead atoms. The van der Waals surface area contributed by atoms with Crippen molar-refractivity contribution >= 4 is 23.2 Å². The molecule has 0 N–H and O–H groups in total. The van der Waals surface area contributed by atoms with Crippen LogP contribution in [0.1, 0.15) is 15.5 Å². The number of thiophene rings is 1. The summed E-state index contributed by atoms with van der Waals surface area (Å²) in [4.78, 5) is 16.0. The Balaban J connectivity index is 2.11. The average molecular weight is 286 g/mol. The van der Waals surface area contributed by atoms with Gasteiger partial charge in [-0.3, -0.25) is 4.79 Å². The van der Waals surface area contributed by atoms with E-state index < -0.39 is 12.7 Å². The van der Waals surface area contributed by atoms with Gasteiger partial charge in [-0.05, 0) is 23.6 Å². The Labute approximate surface area is 111 Å². The van der Waals surface area contributed by atoms with Crippen molar-refractivity contribution in [3.05, 3.63) is 46.7 Å². The van der Waals surface area contributed by atoms with Gasteiger partial charge in [-0.15, -0.1) is 11.3 Å². The predicted octanol–water partition coefficient (Wildman–Crippen LogP) is 3.40. The van der Waals surface area contributed by atoms with Gasteiger partial charge < -0.3 is 4.57 Å². The standard InChI is InChI=1S/C12H9F3N2OS/c13-12(14,15)8-17-6-5-16-11(17)4-3-9(18)10-2-1-7-19-10/h1-7H,8H2/b4-3+. The molecule has 0 aliphatic carbocycles. The highest BCUT2D eigenvalue weighted by Gasteiger charge is 2.28. The van der Waals surface area contributed by atoms with Crippen LogP contribution < -0.4 is 0 Å². The Morgan fingerprint density at radius 2 is 2.26 bits per heavy atom. The van der Waals surface area contributed by atoms with Gasteiger partial charge in [0.1, 0.15) is 12.4 Å². The molecule has 0 aliphatic heterocycles. The Bertz CT molecular complexity index is 584. The summed E-state index contributed by atoms with van der Waals surface area (Å²) in [6.45, 7) is -1.13. The molecule has 0 amide bonds. The van der Waals surface area contributed by atoms with Crippen LogP contribution in [0.25, 0.3) is 6.08 Å². The fourth-order valence-electron chi connectivity index (χ4n) is 1.46. The minimum atomic E-state index is -4.32. The number of carbonyl (C=O) groups excluding carboxylic acids is 1. The number of halogens is 3. The third kappa shape index (κ3) is 3.78. The molecule has 2 rings (SSSR count). The van der Waals surface area contributed by atoms with Crippen molar-refractivity contribution in [2.24, 2.45) is 0 Å². The molecule has 2 aromatic heterocycles. The summed E-state index contributed by atoms with van der Waals surface area (Å²) in [6, 6.07) is 3.38. The lowest BCUT2D eigenvalue weighted by Crippen LogP contribution is -2.18. The fraction of sp³-hybridized carbons (Fsp3) is 0.167. The maximum atomic E-state index is 12.3. The molecule has 0 saturated heterocycles. The normalized spacial score (nSPS) is 12.2. The number of hydrogen-bond donors (Lipinski definition) is 0. The molecule has 0 fully saturated rings. The van der Waals surface area contributed by atoms with Crippen molar-refractivity contribution in [3.63, 3.8) is 0 Å². The second-order valence-electron chi connectivity index (χ2n) is 3.70. The minimum Gasteiger partial charge on any atom is -0.322 e. The summed E-state index contributed by atoms with van der Waals surface area (Å²) in [5.41, 5.74) is 0. The van der Waals surface area contributed by atoms with Crippen LogP contribution in [0.4, 0.5) is 13.2 Å². The van der Waals surface area contributed by atoms with E-state index in [1.807, 2.05) is 0 Å². The van der Waals surface area contributed by atoms with Crippen molar-refractivity contribution in [2.45, 2.75) is 12.7 Å². The van der Waals surface area contributed by atoms with E-state index in [9.17, 15) is 18.0 Å². The van der Waals surface area contributed by atoms with E-state index in [1.54, 1.807) is 17.5 Å². The second-order valence-corrected chi connectivity index (χ2v) is 4.65. The number of carbonyl (C=O) groups is 1. The molecule has 7 heteroatoms. The molecule has 0 radical (unpaired) electrons. The zero-order valence-corrected chi connectivity index (χ0v) is 10.4. The summed E-state index contributed by atoms with van der Waals surface area (Å²) in [6.07, 6.45) is 0.680. The van der Waals surface area contributed by atoms with Gasteiger partial charge >= 0.3 is 6.18 Å². The molecule has 0 aromatic carbocycles. The molecule has 2 aromatic rings. The number of imidazole rings is 1. The summed E-state index contributed by atoms with van der Waals surface area (Å²) in [5, 5.41) is 1.76. The summed E-state index contributed by atoms with van der Waals surface area (Å²) >= 11 is 1.27. The first-order valence-corrected chi connectivity index (χ1v) is 6.17. The van der Waals surface area contributed by atoms with E-state index in [2.05, 4.69) is 4.98 Å². The van der Waals surface area contributed by atoms with Crippen LogP contribution in [-0.4, -0.2) is 21.5 Å². The molecule has 0 unspecified atom stereocenters. The SMILES string of the molecule is O=C(/C=C/c1nccn1CC(F)(F)F)c1cccs1. The van der Waals surface area contributed by atoms with Gasteiger partial charge in [0.05, 0.1) is 4.88 Å². The van der Waals surface area contributed by atoms with Crippen molar-refractivity contribution in [3.8, 4) is 0 Å². The fourth-order valence-corrected chi connectivity index (χ4v) is 2.10. The quantitative estimate of drug-likeness (QED) is 0.637. The van der Waals surface area contributed by atoms with Crippen LogP contribution >= 0.6 is 11.3 Å². The molecule has 0 saturated carbocycles. The van der Waals surface area contributed by atoms with Crippen LogP contribution in [0.2, 0.25) is 0 Å². The smallest absolute Gasteiger partial charge is 0.322 e. The molecular formula is C12H9F3N2OS. The number of hydrogen-bond acceptors (Lipinski definition) is 3. The predicted molar refractivity (Wildman–Crippen MR) is 66.0 cm³/mol. The van der Waals surface area contributed by atoms with Crippen LogP contribution in [0.5, 0.6) is 0 Å². The van der Waals surface area contributed by atoms with Crippen LogP contribution in [0.3, 0.4) is 0 Å². The van der Waals surface area contributed by atoms with Crippen molar-refractivity contribution in [1.82, 2.24) is 9.55 Å². The van der Waals surface area contributed by atoms with E-state index >= 15 is 0 Å². The number of aromatic nitrogens is 2. The first-order chi connectivity index (χ1) is 8.96. The van der Waals surface area contributed by atoms with Gasteiger partial charge in [0.25, 0.3) is 0 Å². The van der Waals surface area contributed by atoms with Crippen molar-refractivity contribution in [1.29, 1.82) is 0 Å². The Morgan fingerprint density at radius 3 is 2.89 bits per heavy atom. The zero-order chi connectivity index (χ0) is 13.9. The zero-order valence-electron chi connectivity index (χ0n) is 9.59. The van der Waals surface area contributed by atoms with Gasteiger partial charge in [-0.2, -0.15) is 13.2 Å². The Morgan fingerprint density at radius 1 is 1.47 bits per heavy atom. The minimum absolute atomic E-state index is 0.0993. The van der Waals surface area contributed by atoms with Gasteiger partial charge in [0.15, 0.2) is 5.78 Å². The topological polar surface area (TPSA) is 34.9 Å². The highest BCUT2D eigenvalue weighted by molar-refractivity contribution is 7.12. The van der Waals surface area contributed by atoms with E-state index in [-0.39, 0.29) is 11.6 Å². The number of nitrogens with zero attached hydrogens (tertiary/aromatic N) is 2. The number of rotatable bonds is 4.